The summed E-state index contributed by atoms with van der Waals surface area (Å²) in [5.41, 5.74) is 4.20. The molecule has 17 heavy (non-hydrogen) atoms. The van der Waals surface area contributed by atoms with Crippen LogP contribution in [0.3, 0.4) is 0 Å². The SMILES string of the molecule is Cc1cc(C)cc(CN2CCNCC2C)c1.Cl. The van der Waals surface area contributed by atoms with Crippen LogP contribution in [0.4, 0.5) is 0 Å². The lowest BCUT2D eigenvalue weighted by Crippen LogP contribution is -2.49. The average Bonchev–Trinajstić information content (AvgIpc) is 2.20. The normalized spacial score (nSPS) is 21.0. The number of piperazine rings is 1. The zero-order valence-corrected chi connectivity index (χ0v) is 11.8. The first kappa shape index (κ1) is 14.5. The average molecular weight is 255 g/mol. The lowest BCUT2D eigenvalue weighted by Gasteiger charge is -2.34. The Labute approximate surface area is 111 Å². The van der Waals surface area contributed by atoms with Crippen molar-refractivity contribution in [3.8, 4) is 0 Å². The summed E-state index contributed by atoms with van der Waals surface area (Å²) < 4.78 is 0. The molecule has 1 N–H and O–H groups in total. The molecule has 1 aliphatic heterocycles. The molecule has 1 aromatic carbocycles. The lowest BCUT2D eigenvalue weighted by molar-refractivity contribution is 0.165. The molecule has 0 aromatic heterocycles. The molecule has 1 aromatic rings. The summed E-state index contributed by atoms with van der Waals surface area (Å²) in [6.45, 7) is 11.1. The van der Waals surface area contributed by atoms with Gasteiger partial charge in [0.2, 0.25) is 0 Å². The Kier molecular flexibility index (Phi) is 5.44. The molecule has 1 saturated heterocycles. The Morgan fingerprint density at radius 1 is 1.24 bits per heavy atom. The van der Waals surface area contributed by atoms with E-state index in [0.717, 1.165) is 26.2 Å². The van der Waals surface area contributed by atoms with Crippen LogP contribution in [0.25, 0.3) is 0 Å². The minimum atomic E-state index is 0. The van der Waals surface area contributed by atoms with Gasteiger partial charge in [-0.2, -0.15) is 0 Å². The van der Waals surface area contributed by atoms with Gasteiger partial charge < -0.3 is 5.32 Å². The minimum Gasteiger partial charge on any atom is -0.314 e. The number of benzene rings is 1. The van der Waals surface area contributed by atoms with Gasteiger partial charge in [0.15, 0.2) is 0 Å². The maximum absolute atomic E-state index is 3.43. The minimum absolute atomic E-state index is 0. The monoisotopic (exact) mass is 254 g/mol. The van der Waals surface area contributed by atoms with Gasteiger partial charge in [0.1, 0.15) is 0 Å². The number of nitrogens with zero attached hydrogens (tertiary/aromatic N) is 1. The van der Waals surface area contributed by atoms with Gasteiger partial charge in [-0.05, 0) is 26.3 Å². The third kappa shape index (κ3) is 3.98. The van der Waals surface area contributed by atoms with E-state index in [4.69, 9.17) is 0 Å². The third-order valence-corrected chi connectivity index (χ3v) is 3.31. The maximum Gasteiger partial charge on any atom is 0.0237 e. The summed E-state index contributed by atoms with van der Waals surface area (Å²) in [5.74, 6) is 0. The Morgan fingerprint density at radius 2 is 1.88 bits per heavy atom. The van der Waals surface area contributed by atoms with Crippen LogP contribution in [-0.2, 0) is 6.54 Å². The van der Waals surface area contributed by atoms with Crippen LogP contribution in [0.2, 0.25) is 0 Å². The standard InChI is InChI=1S/C14H22N2.ClH/c1-11-6-12(2)8-14(7-11)10-16-5-4-15-9-13(16)3;/h6-8,13,15H,4-5,9-10H2,1-3H3;1H. The highest BCUT2D eigenvalue weighted by atomic mass is 35.5. The molecule has 0 spiro atoms. The summed E-state index contributed by atoms with van der Waals surface area (Å²) in [7, 11) is 0. The lowest BCUT2D eigenvalue weighted by atomic mass is 10.1. The second-order valence-corrected chi connectivity index (χ2v) is 5.02. The van der Waals surface area contributed by atoms with Crippen LogP contribution >= 0.6 is 12.4 Å². The Balaban J connectivity index is 0.00000144. The van der Waals surface area contributed by atoms with Crippen LogP contribution in [0.1, 0.15) is 23.6 Å². The topological polar surface area (TPSA) is 15.3 Å². The largest absolute Gasteiger partial charge is 0.314 e. The molecule has 3 heteroatoms. The Hall–Kier alpha value is -0.570. The molecule has 0 aliphatic carbocycles. The third-order valence-electron chi connectivity index (χ3n) is 3.31. The Bertz CT molecular complexity index is 345. The molecule has 0 saturated carbocycles. The van der Waals surface area contributed by atoms with Crippen molar-refractivity contribution in [2.24, 2.45) is 0 Å². The second kappa shape index (κ2) is 6.39. The molecule has 96 valence electrons. The van der Waals surface area contributed by atoms with Gasteiger partial charge in [-0.15, -0.1) is 12.4 Å². The molecule has 2 rings (SSSR count). The van der Waals surface area contributed by atoms with Gasteiger partial charge in [0, 0.05) is 32.2 Å². The van der Waals surface area contributed by atoms with Crippen molar-refractivity contribution in [2.75, 3.05) is 19.6 Å². The molecule has 1 heterocycles. The van der Waals surface area contributed by atoms with E-state index in [9.17, 15) is 0 Å². The first-order chi connectivity index (χ1) is 7.65. The van der Waals surface area contributed by atoms with E-state index in [-0.39, 0.29) is 12.4 Å². The van der Waals surface area contributed by atoms with Gasteiger partial charge in [-0.3, -0.25) is 4.90 Å². The first-order valence-corrected chi connectivity index (χ1v) is 6.17. The zero-order chi connectivity index (χ0) is 11.5. The van der Waals surface area contributed by atoms with Gasteiger partial charge in [0.25, 0.3) is 0 Å². The first-order valence-electron chi connectivity index (χ1n) is 6.17. The number of hydrogen-bond donors (Lipinski definition) is 1. The molecule has 1 aliphatic rings. The van der Waals surface area contributed by atoms with E-state index in [2.05, 4.69) is 49.2 Å². The summed E-state index contributed by atoms with van der Waals surface area (Å²) in [4.78, 5) is 2.56. The van der Waals surface area contributed by atoms with Crippen molar-refractivity contribution in [3.05, 3.63) is 34.9 Å². The molecular weight excluding hydrogens is 232 g/mol. The van der Waals surface area contributed by atoms with Crippen molar-refractivity contribution in [1.29, 1.82) is 0 Å². The van der Waals surface area contributed by atoms with E-state index < -0.39 is 0 Å². The van der Waals surface area contributed by atoms with Gasteiger partial charge >= 0.3 is 0 Å². The Morgan fingerprint density at radius 3 is 2.47 bits per heavy atom. The molecule has 2 nitrogen and oxygen atoms in total. The number of nitrogens with one attached hydrogen (secondary N) is 1. The predicted octanol–water partition coefficient (Wildman–Crippen LogP) is 2.52. The highest BCUT2D eigenvalue weighted by Crippen LogP contribution is 2.13. The molecule has 1 fully saturated rings. The van der Waals surface area contributed by atoms with Crippen LogP contribution in [0.15, 0.2) is 18.2 Å². The van der Waals surface area contributed by atoms with E-state index in [1.165, 1.54) is 16.7 Å². The van der Waals surface area contributed by atoms with E-state index in [0.29, 0.717) is 6.04 Å². The van der Waals surface area contributed by atoms with E-state index in [1.807, 2.05) is 0 Å². The summed E-state index contributed by atoms with van der Waals surface area (Å²) >= 11 is 0. The quantitative estimate of drug-likeness (QED) is 0.873. The number of halogens is 1. The number of hydrogen-bond acceptors (Lipinski definition) is 2. The summed E-state index contributed by atoms with van der Waals surface area (Å²) in [6, 6.07) is 7.50. The molecule has 1 unspecified atom stereocenters. The van der Waals surface area contributed by atoms with Gasteiger partial charge in [0.05, 0.1) is 0 Å². The highest BCUT2D eigenvalue weighted by molar-refractivity contribution is 5.85. The van der Waals surface area contributed by atoms with Gasteiger partial charge in [-0.25, -0.2) is 0 Å². The van der Waals surface area contributed by atoms with Crippen molar-refractivity contribution in [3.63, 3.8) is 0 Å². The molecule has 0 amide bonds. The summed E-state index contributed by atoms with van der Waals surface area (Å²) in [6.07, 6.45) is 0. The van der Waals surface area contributed by atoms with Crippen molar-refractivity contribution in [1.82, 2.24) is 10.2 Å². The van der Waals surface area contributed by atoms with Crippen LogP contribution in [-0.4, -0.2) is 30.6 Å². The molecule has 0 radical (unpaired) electrons. The highest BCUT2D eigenvalue weighted by Gasteiger charge is 2.17. The fraction of sp³-hybridized carbons (Fsp3) is 0.571. The van der Waals surface area contributed by atoms with Crippen LogP contribution in [0, 0.1) is 13.8 Å². The number of rotatable bonds is 2. The van der Waals surface area contributed by atoms with Crippen LogP contribution < -0.4 is 5.32 Å². The number of aryl methyl sites for hydroxylation is 2. The second-order valence-electron chi connectivity index (χ2n) is 5.02. The predicted molar refractivity (Wildman–Crippen MR) is 75.9 cm³/mol. The molecule has 0 bridgehead atoms. The van der Waals surface area contributed by atoms with E-state index >= 15 is 0 Å². The summed E-state index contributed by atoms with van der Waals surface area (Å²) in [5, 5.41) is 3.43. The zero-order valence-electron chi connectivity index (χ0n) is 11.0. The van der Waals surface area contributed by atoms with Crippen molar-refractivity contribution < 1.29 is 0 Å². The molecule has 1 atom stereocenters. The fourth-order valence-electron chi connectivity index (χ4n) is 2.51. The molecular formula is C14H23ClN2. The van der Waals surface area contributed by atoms with Crippen molar-refractivity contribution >= 4 is 12.4 Å². The van der Waals surface area contributed by atoms with E-state index in [1.54, 1.807) is 0 Å². The van der Waals surface area contributed by atoms with Gasteiger partial charge in [-0.1, -0.05) is 29.3 Å². The fourth-order valence-corrected chi connectivity index (χ4v) is 2.51. The smallest absolute Gasteiger partial charge is 0.0237 e. The van der Waals surface area contributed by atoms with Crippen molar-refractivity contribution in [2.45, 2.75) is 33.4 Å². The van der Waals surface area contributed by atoms with Crippen LogP contribution in [0.5, 0.6) is 0 Å². The maximum atomic E-state index is 3.43.